The zero-order valence-corrected chi connectivity index (χ0v) is 16.0. The van der Waals surface area contributed by atoms with Crippen molar-refractivity contribution in [3.63, 3.8) is 0 Å². The van der Waals surface area contributed by atoms with Crippen LogP contribution in [-0.2, 0) is 6.54 Å². The summed E-state index contributed by atoms with van der Waals surface area (Å²) >= 11 is 1.34. The van der Waals surface area contributed by atoms with Gasteiger partial charge in [-0.25, -0.2) is 4.98 Å². The van der Waals surface area contributed by atoms with Gasteiger partial charge < -0.3 is 20.4 Å². The molecule has 0 aliphatic carbocycles. The Morgan fingerprint density at radius 3 is 2.69 bits per heavy atom. The van der Waals surface area contributed by atoms with E-state index in [0.717, 1.165) is 16.1 Å². The number of anilines is 1. The smallest absolute Gasteiger partial charge is 0.276 e. The molecular weight excluding hydrogens is 350 g/mol. The average Bonchev–Trinajstić information content (AvgIpc) is 3.05. The van der Waals surface area contributed by atoms with Crippen molar-refractivity contribution in [2.45, 2.75) is 20.4 Å². The number of carbonyl (C=O) groups is 2. The van der Waals surface area contributed by atoms with Crippen molar-refractivity contribution in [1.29, 1.82) is 0 Å². The number of carbonyl (C=O) groups excluding carboxylic acids is 2. The molecule has 3 rings (SSSR count). The van der Waals surface area contributed by atoms with Crippen molar-refractivity contribution in [2.24, 2.45) is 5.73 Å². The number of amides is 2. The molecule has 0 atom stereocenters. The predicted molar refractivity (Wildman–Crippen MR) is 103 cm³/mol. The molecule has 0 radical (unpaired) electrons. The molecule has 26 heavy (non-hydrogen) atoms. The summed E-state index contributed by atoms with van der Waals surface area (Å²) < 4.78 is 1.90. The quantitative estimate of drug-likeness (QED) is 0.720. The fraction of sp³-hybridized carbons (Fsp3) is 0.278. The highest BCUT2D eigenvalue weighted by Gasteiger charge is 2.23. The molecule has 2 amide bonds. The molecule has 7 nitrogen and oxygen atoms in total. The number of nitrogens with two attached hydrogens (primary N) is 1. The zero-order chi connectivity index (χ0) is 19.0. The van der Waals surface area contributed by atoms with Gasteiger partial charge in [0.1, 0.15) is 10.6 Å². The topological polar surface area (TPSA) is 92.7 Å². The second kappa shape index (κ2) is 6.89. The summed E-state index contributed by atoms with van der Waals surface area (Å²) in [4.78, 5) is 32.1. The third-order valence-corrected chi connectivity index (χ3v) is 5.29. The number of nitrogens with one attached hydrogen (secondary N) is 1. The van der Waals surface area contributed by atoms with Crippen LogP contribution in [0.4, 0.5) is 5.00 Å². The highest BCUT2D eigenvalue weighted by Crippen LogP contribution is 2.32. The molecule has 3 heterocycles. The molecule has 8 heteroatoms. The number of hydrogen-bond acceptors (Lipinski definition) is 5. The summed E-state index contributed by atoms with van der Waals surface area (Å²) in [6, 6.07) is 5.62. The first kappa shape index (κ1) is 18.1. The molecule has 0 bridgehead atoms. The molecular formula is C18H21N5O2S. The van der Waals surface area contributed by atoms with E-state index in [0.29, 0.717) is 28.5 Å². The molecule has 0 unspecified atom stereocenters. The third kappa shape index (κ3) is 3.21. The largest absolute Gasteiger partial charge is 0.365 e. The summed E-state index contributed by atoms with van der Waals surface area (Å²) in [7, 11) is 3.86. The third-order valence-electron chi connectivity index (χ3n) is 4.17. The van der Waals surface area contributed by atoms with Gasteiger partial charge in [-0.05, 0) is 45.6 Å². The first-order valence-corrected chi connectivity index (χ1v) is 8.93. The number of nitrogens with zero attached hydrogens (tertiary/aromatic N) is 3. The van der Waals surface area contributed by atoms with E-state index < -0.39 is 5.91 Å². The van der Waals surface area contributed by atoms with Crippen LogP contribution >= 0.6 is 11.3 Å². The summed E-state index contributed by atoms with van der Waals surface area (Å²) in [6.07, 6.45) is 1.88. The monoisotopic (exact) mass is 371 g/mol. The van der Waals surface area contributed by atoms with E-state index >= 15 is 0 Å². The van der Waals surface area contributed by atoms with Crippen LogP contribution < -0.4 is 11.1 Å². The standard InChI is InChI=1S/C18H21N5O2S/c1-10-11(2)26-18(14(10)16(19)24)21-17(25)15-12(9-22(3)4)23-8-6-5-7-13(23)20-15/h5-8H,9H2,1-4H3,(H2,19,24)(H,21,25). The maximum Gasteiger partial charge on any atom is 0.276 e. The first-order chi connectivity index (χ1) is 12.3. The minimum Gasteiger partial charge on any atom is -0.365 e. The Labute approximate surface area is 155 Å². The van der Waals surface area contributed by atoms with Crippen LogP contribution in [0.3, 0.4) is 0 Å². The molecule has 136 valence electrons. The van der Waals surface area contributed by atoms with Gasteiger partial charge in [-0.3, -0.25) is 9.59 Å². The number of aryl methyl sites for hydroxylation is 1. The van der Waals surface area contributed by atoms with Crippen LogP contribution in [0, 0.1) is 13.8 Å². The van der Waals surface area contributed by atoms with Gasteiger partial charge in [-0.15, -0.1) is 11.3 Å². The van der Waals surface area contributed by atoms with Crippen LogP contribution in [0.1, 0.15) is 37.0 Å². The second-order valence-electron chi connectivity index (χ2n) is 6.38. The van der Waals surface area contributed by atoms with E-state index in [1.54, 1.807) is 0 Å². The molecule has 3 N–H and O–H groups in total. The van der Waals surface area contributed by atoms with E-state index in [1.807, 2.05) is 61.6 Å². The van der Waals surface area contributed by atoms with Gasteiger partial charge in [0.15, 0.2) is 5.69 Å². The van der Waals surface area contributed by atoms with E-state index in [9.17, 15) is 9.59 Å². The Hall–Kier alpha value is -2.71. The number of hydrogen-bond donors (Lipinski definition) is 2. The molecule has 0 aliphatic rings. The van der Waals surface area contributed by atoms with Gasteiger partial charge >= 0.3 is 0 Å². The molecule has 0 spiro atoms. The normalized spacial score (nSPS) is 11.3. The molecule has 0 saturated heterocycles. The lowest BCUT2D eigenvalue weighted by Crippen LogP contribution is -2.20. The van der Waals surface area contributed by atoms with Crippen LogP contribution in [0.15, 0.2) is 24.4 Å². The average molecular weight is 371 g/mol. The van der Waals surface area contributed by atoms with Gasteiger partial charge in [0.2, 0.25) is 0 Å². The maximum absolute atomic E-state index is 12.9. The number of aromatic nitrogens is 2. The fourth-order valence-electron chi connectivity index (χ4n) is 2.85. The minimum atomic E-state index is -0.550. The van der Waals surface area contributed by atoms with E-state index in [1.165, 1.54) is 11.3 Å². The second-order valence-corrected chi connectivity index (χ2v) is 7.60. The maximum atomic E-state index is 12.9. The lowest BCUT2D eigenvalue weighted by Gasteiger charge is -2.11. The molecule has 0 saturated carbocycles. The lowest BCUT2D eigenvalue weighted by molar-refractivity contribution is 0.100. The number of fused-ring (bicyclic) bond motifs is 1. The number of thiophene rings is 1. The predicted octanol–water partition coefficient (Wildman–Crippen LogP) is 2.43. The van der Waals surface area contributed by atoms with Gasteiger partial charge in [0.25, 0.3) is 11.8 Å². The Morgan fingerprint density at radius 2 is 2.04 bits per heavy atom. The van der Waals surface area contributed by atoms with Crippen LogP contribution in [0.25, 0.3) is 5.65 Å². The Balaban J connectivity index is 2.04. The summed E-state index contributed by atoms with van der Waals surface area (Å²) in [5, 5.41) is 3.29. The molecule has 0 fully saturated rings. The van der Waals surface area contributed by atoms with Crippen molar-refractivity contribution >= 4 is 33.8 Å². The summed E-state index contributed by atoms with van der Waals surface area (Å²) in [5.74, 6) is -0.903. The highest BCUT2D eigenvalue weighted by atomic mass is 32.1. The zero-order valence-electron chi connectivity index (χ0n) is 15.2. The van der Waals surface area contributed by atoms with Crippen LogP contribution in [0.5, 0.6) is 0 Å². The van der Waals surface area contributed by atoms with E-state index in [-0.39, 0.29) is 5.91 Å². The SMILES string of the molecule is Cc1sc(NC(=O)c2nc3ccccn3c2CN(C)C)c(C(N)=O)c1C. The Kier molecular flexibility index (Phi) is 4.80. The Morgan fingerprint density at radius 1 is 1.31 bits per heavy atom. The number of rotatable bonds is 5. The van der Waals surface area contributed by atoms with Crippen molar-refractivity contribution in [1.82, 2.24) is 14.3 Å². The fourth-order valence-corrected chi connectivity index (χ4v) is 3.91. The van der Waals surface area contributed by atoms with Crippen LogP contribution in [0.2, 0.25) is 0 Å². The van der Waals surface area contributed by atoms with Gasteiger partial charge in [0.05, 0.1) is 11.3 Å². The lowest BCUT2D eigenvalue weighted by atomic mass is 10.1. The molecule has 0 aromatic carbocycles. The van der Waals surface area contributed by atoms with Crippen LogP contribution in [-0.4, -0.2) is 40.2 Å². The number of pyridine rings is 1. The van der Waals surface area contributed by atoms with Crippen molar-refractivity contribution in [3.8, 4) is 0 Å². The molecule has 3 aromatic rings. The molecule has 3 aromatic heterocycles. The molecule has 0 aliphatic heterocycles. The van der Waals surface area contributed by atoms with Crippen molar-refractivity contribution in [2.75, 3.05) is 19.4 Å². The highest BCUT2D eigenvalue weighted by molar-refractivity contribution is 7.16. The summed E-state index contributed by atoms with van der Waals surface area (Å²) in [6.45, 7) is 4.27. The first-order valence-electron chi connectivity index (χ1n) is 8.11. The summed E-state index contributed by atoms with van der Waals surface area (Å²) in [5.41, 5.74) is 8.46. The van der Waals surface area contributed by atoms with Gasteiger partial charge in [0, 0.05) is 17.6 Å². The van der Waals surface area contributed by atoms with E-state index in [4.69, 9.17) is 5.73 Å². The van der Waals surface area contributed by atoms with Gasteiger partial charge in [-0.1, -0.05) is 6.07 Å². The number of imidazole rings is 1. The minimum absolute atomic E-state index is 0.337. The Bertz CT molecular complexity index is 1000. The van der Waals surface area contributed by atoms with E-state index in [2.05, 4.69) is 10.3 Å². The van der Waals surface area contributed by atoms with Gasteiger partial charge in [-0.2, -0.15) is 0 Å². The number of primary amides is 1. The van der Waals surface area contributed by atoms with Crippen molar-refractivity contribution < 1.29 is 9.59 Å². The van der Waals surface area contributed by atoms with Crippen molar-refractivity contribution in [3.05, 3.63) is 51.8 Å².